The number of rotatable bonds is 3. The van der Waals surface area contributed by atoms with Crippen LogP contribution in [0.15, 0.2) is 36.1 Å². The van der Waals surface area contributed by atoms with E-state index < -0.39 is 5.91 Å². The summed E-state index contributed by atoms with van der Waals surface area (Å²) in [6.07, 6.45) is 5.30. The molecule has 1 amide bonds. The van der Waals surface area contributed by atoms with Crippen LogP contribution in [-0.2, 0) is 0 Å². The van der Waals surface area contributed by atoms with Gasteiger partial charge >= 0.3 is 0 Å². The molecule has 25 heavy (non-hydrogen) atoms. The molecule has 0 aliphatic heterocycles. The lowest BCUT2D eigenvalue weighted by Crippen LogP contribution is -2.19. The van der Waals surface area contributed by atoms with Gasteiger partial charge in [-0.3, -0.25) is 9.36 Å². The lowest BCUT2D eigenvalue weighted by Gasteiger charge is -2.11. The third kappa shape index (κ3) is 2.47. The molecule has 0 spiro atoms. The van der Waals surface area contributed by atoms with Crippen LogP contribution in [-0.4, -0.2) is 30.4 Å². The van der Waals surface area contributed by atoms with Gasteiger partial charge in [0.15, 0.2) is 16.6 Å². The minimum Gasteiger partial charge on any atom is -0.365 e. The zero-order chi connectivity index (χ0) is 17.6. The average Bonchev–Trinajstić information content (AvgIpc) is 3.23. The van der Waals surface area contributed by atoms with Crippen LogP contribution in [0, 0.1) is 13.8 Å². The van der Waals surface area contributed by atoms with E-state index in [1.165, 1.54) is 11.3 Å². The van der Waals surface area contributed by atoms with Gasteiger partial charge in [-0.25, -0.2) is 19.9 Å². The van der Waals surface area contributed by atoms with Gasteiger partial charge in [-0.15, -0.1) is 11.3 Å². The van der Waals surface area contributed by atoms with Gasteiger partial charge in [0.2, 0.25) is 0 Å². The predicted molar refractivity (Wildman–Crippen MR) is 95.8 cm³/mol. The molecular formula is C17H14N6OS. The van der Waals surface area contributed by atoms with E-state index in [1.807, 2.05) is 30.6 Å². The number of fused-ring (bicyclic) bond motifs is 1. The molecular weight excluding hydrogens is 336 g/mol. The van der Waals surface area contributed by atoms with Crippen LogP contribution in [0.5, 0.6) is 0 Å². The molecule has 0 saturated heterocycles. The number of hydrogen-bond acceptors (Lipinski definition) is 6. The molecule has 0 aliphatic carbocycles. The molecule has 0 aliphatic rings. The van der Waals surface area contributed by atoms with Crippen molar-refractivity contribution in [3.05, 3.63) is 52.9 Å². The van der Waals surface area contributed by atoms with Gasteiger partial charge < -0.3 is 5.73 Å². The smallest absolute Gasteiger partial charge is 0.254 e. The van der Waals surface area contributed by atoms with E-state index in [2.05, 4.69) is 19.9 Å². The fourth-order valence-corrected chi connectivity index (χ4v) is 3.40. The van der Waals surface area contributed by atoms with Gasteiger partial charge in [-0.05, 0) is 31.5 Å². The van der Waals surface area contributed by atoms with E-state index in [-0.39, 0.29) is 5.56 Å². The van der Waals surface area contributed by atoms with E-state index in [1.54, 1.807) is 23.9 Å². The lowest BCUT2D eigenvalue weighted by atomic mass is 10.2. The van der Waals surface area contributed by atoms with Gasteiger partial charge in [-0.2, -0.15) is 0 Å². The standard InChI is InChI=1S/C17H14N6OS/c1-9-8-23(15-11(9)4-3-5-19-15)16-12(13(18)24)10(2)21-14(22-16)17-20-6-7-25-17/h3-8H,1-2H3,(H2,18,24). The largest absolute Gasteiger partial charge is 0.365 e. The summed E-state index contributed by atoms with van der Waals surface area (Å²) in [4.78, 5) is 29.7. The first-order valence-corrected chi connectivity index (χ1v) is 8.45. The second-order valence-electron chi connectivity index (χ2n) is 5.59. The molecule has 7 nitrogen and oxygen atoms in total. The Morgan fingerprint density at radius 1 is 1.20 bits per heavy atom. The molecule has 0 bridgehead atoms. The zero-order valence-electron chi connectivity index (χ0n) is 13.6. The van der Waals surface area contributed by atoms with Crippen LogP contribution in [0.4, 0.5) is 0 Å². The molecule has 4 rings (SSSR count). The Labute approximate surface area is 147 Å². The van der Waals surface area contributed by atoms with Gasteiger partial charge in [0.25, 0.3) is 5.91 Å². The fraction of sp³-hybridized carbons (Fsp3) is 0.118. The summed E-state index contributed by atoms with van der Waals surface area (Å²) in [6.45, 7) is 3.73. The van der Waals surface area contributed by atoms with Crippen molar-refractivity contribution in [2.45, 2.75) is 13.8 Å². The average molecular weight is 350 g/mol. The third-order valence-electron chi connectivity index (χ3n) is 3.93. The number of pyridine rings is 1. The molecule has 0 unspecified atom stereocenters. The Morgan fingerprint density at radius 2 is 2.04 bits per heavy atom. The van der Waals surface area contributed by atoms with Crippen LogP contribution >= 0.6 is 11.3 Å². The third-order valence-corrected chi connectivity index (χ3v) is 4.70. The van der Waals surface area contributed by atoms with Crippen molar-refractivity contribution in [1.82, 2.24) is 24.5 Å². The number of aromatic nitrogens is 5. The molecule has 0 radical (unpaired) electrons. The zero-order valence-corrected chi connectivity index (χ0v) is 14.4. The number of carbonyl (C=O) groups excluding carboxylic acids is 1. The highest BCUT2D eigenvalue weighted by Crippen LogP contribution is 2.27. The molecule has 0 atom stereocenters. The number of amides is 1. The SMILES string of the molecule is Cc1nc(-c2nccs2)nc(-n2cc(C)c3cccnc32)c1C(N)=O. The molecule has 2 N–H and O–H groups in total. The van der Waals surface area contributed by atoms with Crippen LogP contribution in [0.1, 0.15) is 21.6 Å². The van der Waals surface area contributed by atoms with Crippen molar-refractivity contribution in [3.63, 3.8) is 0 Å². The van der Waals surface area contributed by atoms with Gasteiger partial charge in [0.05, 0.1) is 5.69 Å². The topological polar surface area (TPSA) is 99.6 Å². The summed E-state index contributed by atoms with van der Waals surface area (Å²) < 4.78 is 1.79. The van der Waals surface area contributed by atoms with Crippen molar-refractivity contribution < 1.29 is 4.79 Å². The normalized spacial score (nSPS) is 11.1. The number of aryl methyl sites for hydroxylation is 2. The Balaban J connectivity index is 2.06. The first-order valence-electron chi connectivity index (χ1n) is 7.57. The number of nitrogens with two attached hydrogens (primary N) is 1. The van der Waals surface area contributed by atoms with E-state index >= 15 is 0 Å². The van der Waals surface area contributed by atoms with Crippen molar-refractivity contribution in [1.29, 1.82) is 0 Å². The van der Waals surface area contributed by atoms with Crippen molar-refractivity contribution >= 4 is 28.3 Å². The Hall–Kier alpha value is -3.13. The van der Waals surface area contributed by atoms with Gasteiger partial charge in [0, 0.05) is 29.4 Å². The first-order chi connectivity index (χ1) is 12.1. The van der Waals surface area contributed by atoms with Crippen LogP contribution in [0.2, 0.25) is 0 Å². The number of nitrogens with zero attached hydrogens (tertiary/aromatic N) is 5. The van der Waals surface area contributed by atoms with Crippen LogP contribution in [0.3, 0.4) is 0 Å². The number of primary amides is 1. The summed E-state index contributed by atoms with van der Waals surface area (Å²) in [5, 5.41) is 3.53. The molecule has 4 aromatic heterocycles. The molecule has 0 saturated carbocycles. The van der Waals surface area contributed by atoms with Crippen LogP contribution in [0.25, 0.3) is 27.7 Å². The van der Waals surface area contributed by atoms with Gasteiger partial charge in [-0.1, -0.05) is 0 Å². The molecule has 0 aromatic carbocycles. The summed E-state index contributed by atoms with van der Waals surface area (Å²) >= 11 is 1.43. The number of hydrogen-bond donors (Lipinski definition) is 1. The van der Waals surface area contributed by atoms with E-state index in [4.69, 9.17) is 5.73 Å². The molecule has 4 aromatic rings. The maximum atomic E-state index is 12.1. The van der Waals surface area contributed by atoms with Crippen molar-refractivity contribution in [3.8, 4) is 16.6 Å². The Morgan fingerprint density at radius 3 is 2.76 bits per heavy atom. The second kappa shape index (κ2) is 5.75. The van der Waals surface area contributed by atoms with Crippen molar-refractivity contribution in [2.24, 2.45) is 5.73 Å². The maximum absolute atomic E-state index is 12.1. The molecule has 124 valence electrons. The maximum Gasteiger partial charge on any atom is 0.254 e. The predicted octanol–water partition coefficient (Wildman–Crippen LogP) is 2.65. The number of thiazole rings is 1. The summed E-state index contributed by atoms with van der Waals surface area (Å²) in [5.74, 6) is 0.304. The first kappa shape index (κ1) is 15.4. The minimum atomic E-state index is -0.575. The van der Waals surface area contributed by atoms with E-state index in [0.717, 1.165) is 10.9 Å². The molecule has 0 fully saturated rings. The second-order valence-corrected chi connectivity index (χ2v) is 6.48. The lowest BCUT2D eigenvalue weighted by molar-refractivity contribution is 0.0999. The summed E-state index contributed by atoms with van der Waals surface area (Å²) in [5.41, 5.74) is 8.15. The number of carbonyl (C=O) groups is 1. The minimum absolute atomic E-state index is 0.280. The molecule has 4 heterocycles. The van der Waals surface area contributed by atoms with Crippen LogP contribution < -0.4 is 5.73 Å². The highest BCUT2D eigenvalue weighted by molar-refractivity contribution is 7.13. The summed E-state index contributed by atoms with van der Waals surface area (Å²) in [7, 11) is 0. The monoisotopic (exact) mass is 350 g/mol. The quantitative estimate of drug-likeness (QED) is 0.612. The van der Waals surface area contributed by atoms with E-state index in [0.29, 0.717) is 28.0 Å². The highest BCUT2D eigenvalue weighted by Gasteiger charge is 2.21. The van der Waals surface area contributed by atoms with Crippen molar-refractivity contribution in [2.75, 3.05) is 0 Å². The summed E-state index contributed by atoms with van der Waals surface area (Å²) in [6, 6.07) is 3.86. The fourth-order valence-electron chi connectivity index (χ4n) is 2.83. The Bertz CT molecular complexity index is 1100. The van der Waals surface area contributed by atoms with Gasteiger partial charge in [0.1, 0.15) is 11.2 Å². The highest BCUT2D eigenvalue weighted by atomic mass is 32.1. The molecule has 8 heteroatoms. The van der Waals surface area contributed by atoms with E-state index in [9.17, 15) is 4.79 Å². The Kier molecular flexibility index (Phi) is 3.54.